The first kappa shape index (κ1) is 23.7. The second kappa shape index (κ2) is 9.84. The SMILES string of the molecule is CSc1ccc(S(=O)(=O)N(C)Cc2nc(-c3cccc(Cl)c3)no2)cc1C(=O)N1CCCC1. The molecule has 4 rings (SSSR count). The first-order valence-electron chi connectivity index (χ1n) is 10.3. The van der Waals surface area contributed by atoms with Gasteiger partial charge in [0.2, 0.25) is 21.7 Å². The summed E-state index contributed by atoms with van der Waals surface area (Å²) in [7, 11) is -2.47. The Hall–Kier alpha value is -2.40. The van der Waals surface area contributed by atoms with Crippen molar-refractivity contribution in [2.24, 2.45) is 0 Å². The number of aromatic nitrogens is 2. The molecule has 1 aliphatic rings. The highest BCUT2D eigenvalue weighted by atomic mass is 35.5. The summed E-state index contributed by atoms with van der Waals surface area (Å²) < 4.78 is 32.9. The molecule has 0 radical (unpaired) electrons. The van der Waals surface area contributed by atoms with Crippen LogP contribution in [0, 0.1) is 0 Å². The third-order valence-corrected chi connectivity index (χ3v) is 8.24. The van der Waals surface area contributed by atoms with Crippen LogP contribution in [0.5, 0.6) is 0 Å². The average molecular weight is 507 g/mol. The normalized spacial score (nSPS) is 14.2. The van der Waals surface area contributed by atoms with E-state index in [2.05, 4.69) is 10.1 Å². The van der Waals surface area contributed by atoms with Crippen molar-refractivity contribution >= 4 is 39.3 Å². The van der Waals surface area contributed by atoms with Crippen LogP contribution in [0.25, 0.3) is 11.4 Å². The van der Waals surface area contributed by atoms with Gasteiger partial charge in [-0.15, -0.1) is 11.8 Å². The molecule has 2 heterocycles. The van der Waals surface area contributed by atoms with Gasteiger partial charge < -0.3 is 9.42 Å². The van der Waals surface area contributed by atoms with Crippen molar-refractivity contribution in [2.75, 3.05) is 26.4 Å². The predicted molar refractivity (Wildman–Crippen MR) is 127 cm³/mol. The van der Waals surface area contributed by atoms with Crippen LogP contribution in [0.2, 0.25) is 5.02 Å². The molecule has 1 amide bonds. The first-order chi connectivity index (χ1) is 15.8. The van der Waals surface area contributed by atoms with E-state index in [9.17, 15) is 13.2 Å². The quantitative estimate of drug-likeness (QED) is 0.443. The van der Waals surface area contributed by atoms with Crippen molar-refractivity contribution in [2.45, 2.75) is 29.2 Å². The molecule has 1 aromatic heterocycles. The van der Waals surface area contributed by atoms with E-state index in [1.54, 1.807) is 35.2 Å². The zero-order chi connectivity index (χ0) is 23.6. The second-order valence-corrected chi connectivity index (χ2v) is 11.0. The van der Waals surface area contributed by atoms with Crippen molar-refractivity contribution in [3.05, 3.63) is 58.9 Å². The number of hydrogen-bond acceptors (Lipinski definition) is 7. The highest BCUT2D eigenvalue weighted by molar-refractivity contribution is 7.98. The zero-order valence-corrected chi connectivity index (χ0v) is 20.6. The Labute approximate surface area is 202 Å². The van der Waals surface area contributed by atoms with Gasteiger partial charge in [0.25, 0.3) is 5.91 Å². The molecule has 33 heavy (non-hydrogen) atoms. The minimum absolute atomic E-state index is 0.0416. The maximum absolute atomic E-state index is 13.2. The van der Waals surface area contributed by atoms with Gasteiger partial charge in [-0.2, -0.15) is 9.29 Å². The van der Waals surface area contributed by atoms with Gasteiger partial charge in [0.05, 0.1) is 17.0 Å². The molecule has 0 spiro atoms. The van der Waals surface area contributed by atoms with Gasteiger partial charge in [-0.05, 0) is 49.4 Å². The monoisotopic (exact) mass is 506 g/mol. The van der Waals surface area contributed by atoms with Crippen LogP contribution in [-0.4, -0.2) is 60.1 Å². The van der Waals surface area contributed by atoms with E-state index in [-0.39, 0.29) is 23.2 Å². The number of benzene rings is 2. The van der Waals surface area contributed by atoms with E-state index < -0.39 is 10.0 Å². The van der Waals surface area contributed by atoms with Gasteiger partial charge >= 0.3 is 0 Å². The predicted octanol–water partition coefficient (Wildman–Crippen LogP) is 4.17. The van der Waals surface area contributed by atoms with E-state index in [0.717, 1.165) is 22.0 Å². The highest BCUT2D eigenvalue weighted by Crippen LogP contribution is 2.28. The number of carbonyl (C=O) groups is 1. The van der Waals surface area contributed by atoms with E-state index >= 15 is 0 Å². The van der Waals surface area contributed by atoms with Gasteiger partial charge in [0, 0.05) is 35.6 Å². The lowest BCUT2D eigenvalue weighted by Crippen LogP contribution is -2.29. The first-order valence-corrected chi connectivity index (χ1v) is 13.4. The molecule has 1 aliphatic heterocycles. The molecule has 0 aliphatic carbocycles. The summed E-state index contributed by atoms with van der Waals surface area (Å²) in [4.78, 5) is 19.8. The molecule has 3 aromatic rings. The van der Waals surface area contributed by atoms with E-state index in [1.165, 1.54) is 30.9 Å². The number of likely N-dealkylation sites (tertiary alicyclic amines) is 1. The van der Waals surface area contributed by atoms with Crippen molar-refractivity contribution in [1.82, 2.24) is 19.3 Å². The van der Waals surface area contributed by atoms with Crippen LogP contribution in [0.3, 0.4) is 0 Å². The van der Waals surface area contributed by atoms with E-state index in [1.807, 2.05) is 6.26 Å². The van der Waals surface area contributed by atoms with Crippen LogP contribution in [0.1, 0.15) is 29.1 Å². The molecule has 11 heteroatoms. The lowest BCUT2D eigenvalue weighted by Gasteiger charge is -2.19. The number of halogens is 1. The summed E-state index contributed by atoms with van der Waals surface area (Å²) >= 11 is 7.43. The Morgan fingerprint density at radius 2 is 1.97 bits per heavy atom. The van der Waals surface area contributed by atoms with Crippen LogP contribution in [0.4, 0.5) is 0 Å². The van der Waals surface area contributed by atoms with Gasteiger partial charge in [-0.1, -0.05) is 28.9 Å². The lowest BCUT2D eigenvalue weighted by molar-refractivity contribution is 0.0789. The molecule has 1 saturated heterocycles. The summed E-state index contributed by atoms with van der Waals surface area (Å²) in [6, 6.07) is 11.6. The van der Waals surface area contributed by atoms with Crippen LogP contribution >= 0.6 is 23.4 Å². The number of sulfonamides is 1. The summed E-state index contributed by atoms with van der Waals surface area (Å²) in [5, 5.41) is 4.45. The van der Waals surface area contributed by atoms with Crippen molar-refractivity contribution < 1.29 is 17.7 Å². The van der Waals surface area contributed by atoms with Crippen molar-refractivity contribution in [1.29, 1.82) is 0 Å². The smallest absolute Gasteiger partial charge is 0.255 e. The van der Waals surface area contributed by atoms with Gasteiger partial charge in [0.1, 0.15) is 0 Å². The molecule has 0 atom stereocenters. The minimum Gasteiger partial charge on any atom is -0.339 e. The fourth-order valence-corrected chi connectivity index (χ4v) is 5.53. The Balaban J connectivity index is 1.56. The summed E-state index contributed by atoms with van der Waals surface area (Å²) in [5.74, 6) is 0.325. The third kappa shape index (κ3) is 5.08. The van der Waals surface area contributed by atoms with E-state index in [0.29, 0.717) is 35.1 Å². The number of thioether (sulfide) groups is 1. The maximum Gasteiger partial charge on any atom is 0.255 e. The number of nitrogens with zero attached hydrogens (tertiary/aromatic N) is 4. The lowest BCUT2D eigenvalue weighted by atomic mass is 10.2. The summed E-state index contributed by atoms with van der Waals surface area (Å²) in [6.07, 6.45) is 3.79. The molecule has 174 valence electrons. The van der Waals surface area contributed by atoms with Crippen LogP contribution < -0.4 is 0 Å². The Bertz CT molecular complexity index is 1270. The second-order valence-electron chi connectivity index (χ2n) is 7.64. The van der Waals surface area contributed by atoms with Gasteiger partial charge in [0.15, 0.2) is 0 Å². The number of carbonyl (C=O) groups excluding carboxylic acids is 1. The topological polar surface area (TPSA) is 96.6 Å². The van der Waals surface area contributed by atoms with Gasteiger partial charge in [-0.3, -0.25) is 4.79 Å². The Kier molecular flexibility index (Phi) is 7.08. The van der Waals surface area contributed by atoms with Crippen LogP contribution in [0.15, 0.2) is 56.8 Å². The summed E-state index contributed by atoms with van der Waals surface area (Å²) in [5.41, 5.74) is 1.07. The Morgan fingerprint density at radius 1 is 1.21 bits per heavy atom. The minimum atomic E-state index is -3.90. The molecule has 0 unspecified atom stereocenters. The fraction of sp³-hybridized carbons (Fsp3) is 0.318. The van der Waals surface area contributed by atoms with Crippen molar-refractivity contribution in [3.8, 4) is 11.4 Å². The van der Waals surface area contributed by atoms with Gasteiger partial charge in [-0.25, -0.2) is 8.42 Å². The molecule has 0 bridgehead atoms. The molecule has 0 saturated carbocycles. The van der Waals surface area contributed by atoms with Crippen LogP contribution in [-0.2, 0) is 16.6 Å². The largest absolute Gasteiger partial charge is 0.339 e. The standard InChI is InChI=1S/C22H23ClN4O4S2/c1-26(14-20-24-21(25-31-20)15-6-5-7-16(23)12-15)33(29,30)17-8-9-19(32-2)18(13-17)22(28)27-10-3-4-11-27/h5-9,12-13H,3-4,10-11,14H2,1-2H3. The van der Waals surface area contributed by atoms with Crippen molar-refractivity contribution in [3.63, 3.8) is 0 Å². The molecule has 1 fully saturated rings. The molecule has 0 N–H and O–H groups in total. The third-order valence-electron chi connectivity index (χ3n) is 5.41. The maximum atomic E-state index is 13.2. The highest BCUT2D eigenvalue weighted by Gasteiger charge is 2.27. The molecule has 8 nitrogen and oxygen atoms in total. The number of hydrogen-bond donors (Lipinski definition) is 0. The number of rotatable bonds is 7. The summed E-state index contributed by atoms with van der Waals surface area (Å²) in [6.45, 7) is 1.26. The molecular formula is C22H23ClN4O4S2. The molecular weight excluding hydrogens is 484 g/mol. The zero-order valence-electron chi connectivity index (χ0n) is 18.2. The number of amides is 1. The molecule has 2 aromatic carbocycles. The Morgan fingerprint density at radius 3 is 2.67 bits per heavy atom. The fourth-order valence-electron chi connectivity index (χ4n) is 3.62. The average Bonchev–Trinajstić information content (AvgIpc) is 3.50. The van der Waals surface area contributed by atoms with E-state index in [4.69, 9.17) is 16.1 Å².